The molecule has 20 heavy (non-hydrogen) atoms. The summed E-state index contributed by atoms with van der Waals surface area (Å²) in [6.45, 7) is 6.32. The zero-order valence-electron chi connectivity index (χ0n) is 12.2. The number of aryl methyl sites for hydroxylation is 1. The lowest BCUT2D eigenvalue weighted by Crippen LogP contribution is -2.22. The number of halogens is 1. The van der Waals surface area contributed by atoms with Gasteiger partial charge in [0.2, 0.25) is 0 Å². The Kier molecular flexibility index (Phi) is 5.63. The lowest BCUT2D eigenvalue weighted by molar-refractivity contribution is 0.594. The lowest BCUT2D eigenvalue weighted by atomic mass is 9.90. The van der Waals surface area contributed by atoms with E-state index in [2.05, 4.69) is 55.6 Å². The number of benzene rings is 2. The lowest BCUT2D eigenvalue weighted by Gasteiger charge is -2.19. The van der Waals surface area contributed by atoms with E-state index in [1.54, 1.807) is 0 Å². The van der Waals surface area contributed by atoms with Crippen LogP contribution in [0.4, 0.5) is 0 Å². The van der Waals surface area contributed by atoms with Crippen LogP contribution in [0.15, 0.2) is 48.5 Å². The molecule has 0 aliphatic carbocycles. The second-order valence-corrected chi connectivity index (χ2v) is 5.62. The molecule has 1 nitrogen and oxygen atoms in total. The van der Waals surface area contributed by atoms with Crippen molar-refractivity contribution in [2.75, 3.05) is 13.1 Å². The average molecular weight is 288 g/mol. The van der Waals surface area contributed by atoms with E-state index < -0.39 is 0 Å². The molecule has 0 saturated heterocycles. The minimum Gasteiger partial charge on any atom is -0.316 e. The summed E-state index contributed by atoms with van der Waals surface area (Å²) in [5.74, 6) is 0.480. The van der Waals surface area contributed by atoms with Gasteiger partial charge in [-0.3, -0.25) is 0 Å². The third-order valence-corrected chi connectivity index (χ3v) is 3.96. The van der Waals surface area contributed by atoms with Gasteiger partial charge >= 0.3 is 0 Å². The van der Waals surface area contributed by atoms with Crippen molar-refractivity contribution < 1.29 is 0 Å². The monoisotopic (exact) mass is 287 g/mol. The molecule has 0 spiro atoms. The summed E-state index contributed by atoms with van der Waals surface area (Å²) >= 11 is 5.99. The van der Waals surface area contributed by atoms with Crippen molar-refractivity contribution in [1.29, 1.82) is 0 Å². The first-order chi connectivity index (χ1) is 9.70. The van der Waals surface area contributed by atoms with Crippen LogP contribution in [0.25, 0.3) is 0 Å². The normalized spacial score (nSPS) is 12.3. The highest BCUT2D eigenvalue weighted by atomic mass is 35.5. The van der Waals surface area contributed by atoms with Crippen LogP contribution in [0.5, 0.6) is 0 Å². The summed E-state index contributed by atoms with van der Waals surface area (Å²) in [5, 5.41) is 4.27. The SMILES string of the molecule is CCNCC(Cc1ccccc1C)c1ccc(Cl)cc1. The fourth-order valence-electron chi connectivity index (χ4n) is 2.47. The van der Waals surface area contributed by atoms with Crippen LogP contribution in [0.1, 0.15) is 29.5 Å². The maximum Gasteiger partial charge on any atom is 0.0406 e. The van der Waals surface area contributed by atoms with Crippen LogP contribution >= 0.6 is 11.6 Å². The number of hydrogen-bond donors (Lipinski definition) is 1. The van der Waals surface area contributed by atoms with Gasteiger partial charge in [-0.2, -0.15) is 0 Å². The fourth-order valence-corrected chi connectivity index (χ4v) is 2.59. The van der Waals surface area contributed by atoms with E-state index in [4.69, 9.17) is 11.6 Å². The molecule has 0 aliphatic rings. The van der Waals surface area contributed by atoms with E-state index in [1.807, 2.05) is 12.1 Å². The van der Waals surface area contributed by atoms with Crippen molar-refractivity contribution in [1.82, 2.24) is 5.32 Å². The van der Waals surface area contributed by atoms with Crippen molar-refractivity contribution >= 4 is 11.6 Å². The molecular formula is C18H22ClN. The molecule has 2 aromatic carbocycles. The quantitative estimate of drug-likeness (QED) is 0.820. The highest BCUT2D eigenvalue weighted by Gasteiger charge is 2.13. The summed E-state index contributed by atoms with van der Waals surface area (Å²) in [5.41, 5.74) is 4.13. The predicted octanol–water partition coefficient (Wildman–Crippen LogP) is 4.58. The highest BCUT2D eigenvalue weighted by Crippen LogP contribution is 2.23. The van der Waals surface area contributed by atoms with E-state index >= 15 is 0 Å². The molecule has 0 fully saturated rings. The van der Waals surface area contributed by atoms with Gasteiger partial charge in [0.25, 0.3) is 0 Å². The molecule has 2 rings (SSSR count). The molecule has 0 heterocycles. The summed E-state index contributed by atoms with van der Waals surface area (Å²) < 4.78 is 0. The maximum atomic E-state index is 5.99. The zero-order chi connectivity index (χ0) is 14.4. The zero-order valence-corrected chi connectivity index (χ0v) is 13.0. The molecule has 2 heteroatoms. The van der Waals surface area contributed by atoms with Crippen molar-refractivity contribution in [3.63, 3.8) is 0 Å². The van der Waals surface area contributed by atoms with Gasteiger partial charge in [0, 0.05) is 17.5 Å². The Morgan fingerprint density at radius 3 is 2.40 bits per heavy atom. The Labute approximate surface area is 127 Å². The minimum absolute atomic E-state index is 0.480. The molecule has 0 radical (unpaired) electrons. The van der Waals surface area contributed by atoms with Crippen LogP contribution in [-0.4, -0.2) is 13.1 Å². The summed E-state index contributed by atoms with van der Waals surface area (Å²) in [6.07, 6.45) is 1.06. The largest absolute Gasteiger partial charge is 0.316 e. The van der Waals surface area contributed by atoms with Crippen LogP contribution in [0.3, 0.4) is 0 Å². The molecule has 0 amide bonds. The second kappa shape index (κ2) is 7.47. The first kappa shape index (κ1) is 15.1. The van der Waals surface area contributed by atoms with Gasteiger partial charge in [-0.1, -0.05) is 54.9 Å². The van der Waals surface area contributed by atoms with Gasteiger partial charge in [-0.05, 0) is 48.7 Å². The van der Waals surface area contributed by atoms with Gasteiger partial charge in [-0.25, -0.2) is 0 Å². The van der Waals surface area contributed by atoms with E-state index in [9.17, 15) is 0 Å². The highest BCUT2D eigenvalue weighted by molar-refractivity contribution is 6.30. The Hall–Kier alpha value is -1.31. The van der Waals surface area contributed by atoms with Crippen LogP contribution in [0.2, 0.25) is 5.02 Å². The number of nitrogens with one attached hydrogen (secondary N) is 1. The molecule has 1 atom stereocenters. The van der Waals surface area contributed by atoms with Crippen LogP contribution in [0, 0.1) is 6.92 Å². The van der Waals surface area contributed by atoms with Crippen molar-refractivity contribution in [2.24, 2.45) is 0 Å². The molecule has 2 aromatic rings. The topological polar surface area (TPSA) is 12.0 Å². The van der Waals surface area contributed by atoms with Gasteiger partial charge in [0.05, 0.1) is 0 Å². The first-order valence-electron chi connectivity index (χ1n) is 7.21. The van der Waals surface area contributed by atoms with Crippen molar-refractivity contribution in [2.45, 2.75) is 26.2 Å². The molecule has 0 bridgehead atoms. The first-order valence-corrected chi connectivity index (χ1v) is 7.59. The van der Waals surface area contributed by atoms with E-state index in [-0.39, 0.29) is 0 Å². The molecular weight excluding hydrogens is 266 g/mol. The average Bonchev–Trinajstić information content (AvgIpc) is 2.46. The summed E-state index contributed by atoms with van der Waals surface area (Å²) in [6, 6.07) is 16.9. The molecule has 1 N–H and O–H groups in total. The Balaban J connectivity index is 2.19. The molecule has 1 unspecified atom stereocenters. The Bertz CT molecular complexity index is 533. The number of rotatable bonds is 6. The maximum absolute atomic E-state index is 5.99. The van der Waals surface area contributed by atoms with Gasteiger partial charge in [0.1, 0.15) is 0 Å². The van der Waals surface area contributed by atoms with Crippen molar-refractivity contribution in [3.05, 3.63) is 70.2 Å². The molecule has 106 valence electrons. The van der Waals surface area contributed by atoms with E-state index in [0.29, 0.717) is 5.92 Å². The predicted molar refractivity (Wildman–Crippen MR) is 87.6 cm³/mol. The van der Waals surface area contributed by atoms with E-state index in [0.717, 1.165) is 24.5 Å². The number of hydrogen-bond acceptors (Lipinski definition) is 1. The molecule has 0 saturated carbocycles. The Morgan fingerprint density at radius 2 is 1.75 bits per heavy atom. The Morgan fingerprint density at radius 1 is 1.05 bits per heavy atom. The van der Waals surface area contributed by atoms with Gasteiger partial charge < -0.3 is 5.32 Å². The number of likely N-dealkylation sites (N-methyl/N-ethyl adjacent to an activating group) is 1. The third-order valence-electron chi connectivity index (χ3n) is 3.71. The summed E-state index contributed by atoms with van der Waals surface area (Å²) in [4.78, 5) is 0. The van der Waals surface area contributed by atoms with Gasteiger partial charge in [-0.15, -0.1) is 0 Å². The minimum atomic E-state index is 0.480. The second-order valence-electron chi connectivity index (χ2n) is 5.19. The van der Waals surface area contributed by atoms with E-state index in [1.165, 1.54) is 16.7 Å². The fraction of sp³-hybridized carbons (Fsp3) is 0.333. The molecule has 0 aromatic heterocycles. The van der Waals surface area contributed by atoms with Crippen LogP contribution in [-0.2, 0) is 6.42 Å². The smallest absolute Gasteiger partial charge is 0.0406 e. The summed E-state index contributed by atoms with van der Waals surface area (Å²) in [7, 11) is 0. The molecule has 0 aliphatic heterocycles. The van der Waals surface area contributed by atoms with Crippen molar-refractivity contribution in [3.8, 4) is 0 Å². The van der Waals surface area contributed by atoms with Gasteiger partial charge in [0.15, 0.2) is 0 Å². The standard InChI is InChI=1S/C18H22ClN/c1-3-20-13-17(15-8-10-18(19)11-9-15)12-16-7-5-4-6-14(16)2/h4-11,17,20H,3,12-13H2,1-2H3. The van der Waals surface area contributed by atoms with Crippen LogP contribution < -0.4 is 5.32 Å². The third kappa shape index (κ3) is 4.09.